The Labute approximate surface area is 88.9 Å². The Morgan fingerprint density at radius 2 is 1.53 bits per heavy atom. The van der Waals surface area contributed by atoms with Gasteiger partial charge >= 0.3 is 0 Å². The topological polar surface area (TPSA) is 46.2 Å². The van der Waals surface area contributed by atoms with Crippen LogP contribution in [0.3, 0.4) is 0 Å². The van der Waals surface area contributed by atoms with Crippen molar-refractivity contribution in [3.05, 3.63) is 12.2 Å². The molecule has 0 radical (unpaired) electrons. The monoisotopic (exact) mass is 205 g/mol. The molecule has 0 aromatic heterocycles. The molecule has 0 amide bonds. The van der Waals surface area contributed by atoms with E-state index in [9.17, 15) is 9.59 Å². The van der Waals surface area contributed by atoms with Crippen LogP contribution in [0, 0.1) is 10.8 Å². The highest BCUT2D eigenvalue weighted by molar-refractivity contribution is 6.21. The third kappa shape index (κ3) is 1.16. The zero-order valence-corrected chi connectivity index (χ0v) is 8.77. The Balaban J connectivity index is 1.76. The molecule has 3 rings (SSSR count). The maximum atomic E-state index is 11.6. The molecule has 0 bridgehead atoms. The first kappa shape index (κ1) is 9.28. The molecule has 2 spiro atoms. The maximum Gasteiger partial charge on any atom is 0.166 e. The number of Topliss-reactive ketones (excluding diaryl/α,β-unsaturated/α-hetero) is 2. The van der Waals surface area contributed by atoms with Gasteiger partial charge in [0.15, 0.2) is 11.6 Å². The van der Waals surface area contributed by atoms with Crippen molar-refractivity contribution in [2.45, 2.75) is 25.7 Å². The van der Waals surface area contributed by atoms with Crippen LogP contribution in [0.15, 0.2) is 12.2 Å². The fraction of sp³-hybridized carbons (Fsp3) is 0.667. The molecular weight excluding hydrogens is 190 g/mol. The van der Waals surface area contributed by atoms with Crippen LogP contribution in [-0.2, 0) is 9.59 Å². The first-order chi connectivity index (χ1) is 7.04. The first-order valence-corrected chi connectivity index (χ1v) is 5.50. The predicted octanol–water partition coefficient (Wildman–Crippen LogP) is 0.844. The second kappa shape index (κ2) is 2.59. The molecule has 80 valence electrons. The molecule has 0 unspecified atom stereocenters. The minimum Gasteiger partial charge on any atom is -0.316 e. The van der Waals surface area contributed by atoms with Gasteiger partial charge in [-0.05, 0) is 23.7 Å². The fourth-order valence-electron chi connectivity index (χ4n) is 3.63. The fourth-order valence-corrected chi connectivity index (χ4v) is 3.63. The molecule has 3 nitrogen and oxygen atoms in total. The summed E-state index contributed by atoms with van der Waals surface area (Å²) < 4.78 is 0. The van der Waals surface area contributed by atoms with Crippen LogP contribution in [0.5, 0.6) is 0 Å². The molecule has 3 aliphatic rings. The summed E-state index contributed by atoms with van der Waals surface area (Å²) in [5.74, 6) is -0.0400. The van der Waals surface area contributed by atoms with E-state index >= 15 is 0 Å². The van der Waals surface area contributed by atoms with Crippen LogP contribution < -0.4 is 5.32 Å². The van der Waals surface area contributed by atoms with Crippen molar-refractivity contribution in [2.75, 3.05) is 13.1 Å². The van der Waals surface area contributed by atoms with E-state index in [0.29, 0.717) is 18.3 Å². The molecule has 1 N–H and O–H groups in total. The minimum absolute atomic E-state index is 0.0114. The van der Waals surface area contributed by atoms with Crippen LogP contribution in [0.1, 0.15) is 25.7 Å². The Hall–Kier alpha value is -0.960. The Bertz CT molecular complexity index is 349. The van der Waals surface area contributed by atoms with E-state index in [2.05, 4.69) is 11.9 Å². The average molecular weight is 205 g/mol. The number of allylic oxidation sites excluding steroid dienone is 1. The van der Waals surface area contributed by atoms with Gasteiger partial charge in [0.05, 0.1) is 5.57 Å². The summed E-state index contributed by atoms with van der Waals surface area (Å²) in [5.41, 5.74) is 0.671. The zero-order valence-electron chi connectivity index (χ0n) is 8.77. The molecule has 0 atom stereocenters. The number of hydrogen-bond donors (Lipinski definition) is 1. The van der Waals surface area contributed by atoms with Gasteiger partial charge < -0.3 is 5.32 Å². The standard InChI is InChI=1S/C12H15NO2/c1-8-9(14)2-11(3-10(8)15)4-12(5-11)6-13-7-12/h13H,1-7H2. The van der Waals surface area contributed by atoms with Gasteiger partial charge in [-0.1, -0.05) is 6.58 Å². The lowest BCUT2D eigenvalue weighted by Crippen LogP contribution is -2.65. The van der Waals surface area contributed by atoms with Crippen molar-refractivity contribution in [1.82, 2.24) is 5.32 Å². The van der Waals surface area contributed by atoms with E-state index in [0.717, 1.165) is 25.9 Å². The Morgan fingerprint density at radius 1 is 1.00 bits per heavy atom. The highest BCUT2D eigenvalue weighted by atomic mass is 16.1. The molecular formula is C12H15NO2. The van der Waals surface area contributed by atoms with Gasteiger partial charge in [-0.2, -0.15) is 0 Å². The summed E-state index contributed by atoms with van der Waals surface area (Å²) >= 11 is 0. The van der Waals surface area contributed by atoms with Gasteiger partial charge in [0.1, 0.15) is 0 Å². The molecule has 15 heavy (non-hydrogen) atoms. The Morgan fingerprint density at radius 3 is 1.93 bits per heavy atom. The molecule has 0 aromatic carbocycles. The predicted molar refractivity (Wildman–Crippen MR) is 55.4 cm³/mol. The Kier molecular flexibility index (Phi) is 1.60. The summed E-state index contributed by atoms with van der Waals surface area (Å²) in [6.45, 7) is 5.69. The SMILES string of the molecule is C=C1C(=O)CC2(CC1=O)CC1(CNC1)C2. The molecule has 3 fully saturated rings. The first-order valence-electron chi connectivity index (χ1n) is 5.50. The van der Waals surface area contributed by atoms with E-state index in [1.807, 2.05) is 0 Å². The van der Waals surface area contributed by atoms with Gasteiger partial charge in [0, 0.05) is 25.9 Å². The molecule has 2 aliphatic carbocycles. The van der Waals surface area contributed by atoms with Crippen molar-refractivity contribution in [3.8, 4) is 0 Å². The van der Waals surface area contributed by atoms with Gasteiger partial charge in [-0.15, -0.1) is 0 Å². The van der Waals surface area contributed by atoms with Crippen LogP contribution in [0.4, 0.5) is 0 Å². The lowest BCUT2D eigenvalue weighted by Gasteiger charge is -2.62. The summed E-state index contributed by atoms with van der Waals surface area (Å²) in [7, 11) is 0. The van der Waals surface area contributed by atoms with Crippen LogP contribution in [0.2, 0.25) is 0 Å². The van der Waals surface area contributed by atoms with Crippen LogP contribution in [0.25, 0.3) is 0 Å². The second-order valence-corrected chi connectivity index (χ2v) is 5.64. The summed E-state index contributed by atoms with van der Waals surface area (Å²) in [6.07, 6.45) is 3.22. The number of ketones is 2. The van der Waals surface area contributed by atoms with Gasteiger partial charge in [0.2, 0.25) is 0 Å². The maximum absolute atomic E-state index is 11.6. The largest absolute Gasteiger partial charge is 0.316 e. The van der Waals surface area contributed by atoms with Gasteiger partial charge in [-0.25, -0.2) is 0 Å². The number of carbonyl (C=O) groups excluding carboxylic acids is 2. The molecule has 1 heterocycles. The molecule has 1 aliphatic heterocycles. The number of rotatable bonds is 0. The van der Waals surface area contributed by atoms with E-state index in [-0.39, 0.29) is 22.6 Å². The second-order valence-electron chi connectivity index (χ2n) is 5.64. The summed E-state index contributed by atoms with van der Waals surface area (Å²) in [6, 6.07) is 0. The molecule has 3 heteroatoms. The smallest absolute Gasteiger partial charge is 0.166 e. The highest BCUT2D eigenvalue weighted by Gasteiger charge is 2.59. The average Bonchev–Trinajstić information content (AvgIpc) is 2.06. The normalized spacial score (nSPS) is 31.6. The van der Waals surface area contributed by atoms with Crippen LogP contribution >= 0.6 is 0 Å². The quantitative estimate of drug-likeness (QED) is 0.471. The van der Waals surface area contributed by atoms with Gasteiger partial charge in [-0.3, -0.25) is 9.59 Å². The lowest BCUT2D eigenvalue weighted by molar-refractivity contribution is -0.143. The number of carbonyl (C=O) groups is 2. The van der Waals surface area contributed by atoms with Gasteiger partial charge in [0.25, 0.3) is 0 Å². The van der Waals surface area contributed by atoms with E-state index < -0.39 is 0 Å². The van der Waals surface area contributed by atoms with Crippen molar-refractivity contribution in [2.24, 2.45) is 10.8 Å². The lowest BCUT2D eigenvalue weighted by atomic mass is 9.46. The van der Waals surface area contributed by atoms with Crippen molar-refractivity contribution < 1.29 is 9.59 Å². The highest BCUT2D eigenvalue weighted by Crippen LogP contribution is 2.61. The third-order valence-electron chi connectivity index (χ3n) is 4.24. The van der Waals surface area contributed by atoms with Crippen molar-refractivity contribution in [1.29, 1.82) is 0 Å². The zero-order chi connectivity index (χ0) is 10.7. The number of nitrogens with one attached hydrogen (secondary N) is 1. The van der Waals surface area contributed by atoms with Crippen LogP contribution in [-0.4, -0.2) is 24.7 Å². The minimum atomic E-state index is -0.0200. The summed E-state index contributed by atoms with van der Waals surface area (Å²) in [4.78, 5) is 23.2. The number of hydrogen-bond acceptors (Lipinski definition) is 3. The van der Waals surface area contributed by atoms with Crippen molar-refractivity contribution >= 4 is 11.6 Å². The summed E-state index contributed by atoms with van der Waals surface area (Å²) in [5, 5.41) is 3.27. The van der Waals surface area contributed by atoms with E-state index in [1.165, 1.54) is 0 Å². The van der Waals surface area contributed by atoms with E-state index in [4.69, 9.17) is 0 Å². The van der Waals surface area contributed by atoms with E-state index in [1.54, 1.807) is 0 Å². The van der Waals surface area contributed by atoms with Crippen molar-refractivity contribution in [3.63, 3.8) is 0 Å². The third-order valence-corrected chi connectivity index (χ3v) is 4.24. The molecule has 2 saturated carbocycles. The molecule has 0 aromatic rings. The molecule has 1 saturated heterocycles.